The SMILES string of the molecule is Cc1cccc(-c2ocnc2C(=O)Nc2cnn(Cc3nc(C(C)(F)F)cs3)n2)c1. The first kappa shape index (κ1) is 19.8. The molecule has 3 heterocycles. The van der Waals surface area contributed by atoms with E-state index in [1.807, 2.05) is 31.2 Å². The number of carbonyl (C=O) groups is 1. The van der Waals surface area contributed by atoms with Gasteiger partial charge >= 0.3 is 0 Å². The molecular formula is C19H16F2N6O2S. The van der Waals surface area contributed by atoms with Gasteiger partial charge in [-0.1, -0.05) is 23.8 Å². The normalized spacial score (nSPS) is 11.6. The van der Waals surface area contributed by atoms with E-state index in [0.717, 1.165) is 29.4 Å². The van der Waals surface area contributed by atoms with E-state index < -0.39 is 11.8 Å². The van der Waals surface area contributed by atoms with Crippen LogP contribution in [0.1, 0.15) is 33.7 Å². The molecule has 30 heavy (non-hydrogen) atoms. The lowest BCUT2D eigenvalue weighted by Gasteiger charge is -2.04. The Bertz CT molecular complexity index is 1190. The van der Waals surface area contributed by atoms with Crippen LogP contribution in [0.2, 0.25) is 0 Å². The molecule has 0 radical (unpaired) electrons. The van der Waals surface area contributed by atoms with E-state index in [4.69, 9.17) is 4.42 Å². The predicted octanol–water partition coefficient (Wildman–Crippen LogP) is 4.11. The van der Waals surface area contributed by atoms with Gasteiger partial charge in [-0.15, -0.1) is 16.4 Å². The van der Waals surface area contributed by atoms with Crippen molar-refractivity contribution in [2.24, 2.45) is 0 Å². The Balaban J connectivity index is 1.46. The summed E-state index contributed by atoms with van der Waals surface area (Å²) in [5.74, 6) is -2.97. The Morgan fingerprint density at radius 3 is 2.93 bits per heavy atom. The van der Waals surface area contributed by atoms with Gasteiger partial charge in [0.25, 0.3) is 11.8 Å². The van der Waals surface area contributed by atoms with Crippen LogP contribution < -0.4 is 5.32 Å². The topological polar surface area (TPSA) is 98.7 Å². The van der Waals surface area contributed by atoms with E-state index in [2.05, 4.69) is 25.5 Å². The number of thiazole rings is 1. The van der Waals surface area contributed by atoms with Crippen LogP contribution in [0.5, 0.6) is 0 Å². The summed E-state index contributed by atoms with van der Waals surface area (Å²) in [6.07, 6.45) is 2.56. The van der Waals surface area contributed by atoms with Crippen LogP contribution >= 0.6 is 11.3 Å². The van der Waals surface area contributed by atoms with Crippen LogP contribution in [0.25, 0.3) is 11.3 Å². The molecule has 1 N–H and O–H groups in total. The van der Waals surface area contributed by atoms with E-state index in [1.54, 1.807) is 0 Å². The summed E-state index contributed by atoms with van der Waals surface area (Å²) in [7, 11) is 0. The molecule has 1 aromatic carbocycles. The lowest BCUT2D eigenvalue weighted by molar-refractivity contribution is 0.0132. The summed E-state index contributed by atoms with van der Waals surface area (Å²) < 4.78 is 32.0. The smallest absolute Gasteiger partial charge is 0.287 e. The standard InChI is InChI=1S/C19H16F2N6O2S/c1-11-4-3-5-12(6-11)17-16(22-10-29-17)18(28)25-14-7-23-27(26-14)8-15-24-13(9-30-15)19(2,20)21/h3-7,9-10H,8H2,1-2H3,(H,25,26,28). The first-order valence-electron chi connectivity index (χ1n) is 8.84. The van der Waals surface area contributed by atoms with Crippen molar-refractivity contribution in [2.45, 2.75) is 26.3 Å². The van der Waals surface area contributed by atoms with Crippen molar-refractivity contribution >= 4 is 23.1 Å². The molecule has 0 aliphatic rings. The highest BCUT2D eigenvalue weighted by Crippen LogP contribution is 2.28. The molecule has 3 aromatic heterocycles. The molecule has 0 saturated heterocycles. The van der Waals surface area contributed by atoms with E-state index >= 15 is 0 Å². The quantitative estimate of drug-likeness (QED) is 0.494. The maximum Gasteiger partial charge on any atom is 0.287 e. The van der Waals surface area contributed by atoms with Crippen LogP contribution in [-0.2, 0) is 12.5 Å². The summed E-state index contributed by atoms with van der Waals surface area (Å²) in [5.41, 5.74) is 1.57. The van der Waals surface area contributed by atoms with Crippen molar-refractivity contribution in [1.82, 2.24) is 25.0 Å². The van der Waals surface area contributed by atoms with Crippen molar-refractivity contribution in [1.29, 1.82) is 0 Å². The molecule has 0 saturated carbocycles. The van der Waals surface area contributed by atoms with Gasteiger partial charge in [-0.2, -0.15) is 18.7 Å². The number of amides is 1. The number of benzene rings is 1. The Morgan fingerprint density at radius 2 is 2.20 bits per heavy atom. The number of hydrogen-bond donors (Lipinski definition) is 1. The molecule has 8 nitrogen and oxygen atoms in total. The molecule has 154 valence electrons. The Kier molecular flexibility index (Phi) is 5.12. The number of anilines is 1. The van der Waals surface area contributed by atoms with Gasteiger partial charge in [-0.05, 0) is 13.0 Å². The lowest BCUT2D eigenvalue weighted by Crippen LogP contribution is -2.14. The molecule has 0 fully saturated rings. The van der Waals surface area contributed by atoms with E-state index in [-0.39, 0.29) is 23.8 Å². The Hall–Kier alpha value is -3.47. The third-order valence-corrected chi connectivity index (χ3v) is 4.95. The van der Waals surface area contributed by atoms with Gasteiger partial charge in [0.2, 0.25) is 0 Å². The van der Waals surface area contributed by atoms with E-state index in [9.17, 15) is 13.6 Å². The predicted molar refractivity (Wildman–Crippen MR) is 105 cm³/mol. The number of rotatable bonds is 6. The number of alkyl halides is 2. The summed E-state index contributed by atoms with van der Waals surface area (Å²) in [6, 6.07) is 7.50. The van der Waals surface area contributed by atoms with Gasteiger partial charge in [0.15, 0.2) is 23.7 Å². The second-order valence-corrected chi connectivity index (χ2v) is 7.57. The van der Waals surface area contributed by atoms with Crippen LogP contribution in [0, 0.1) is 6.92 Å². The summed E-state index contributed by atoms with van der Waals surface area (Å²) >= 11 is 1.09. The molecule has 1 amide bonds. The highest BCUT2D eigenvalue weighted by atomic mass is 32.1. The fourth-order valence-electron chi connectivity index (χ4n) is 2.71. The maximum absolute atomic E-state index is 13.3. The number of aromatic nitrogens is 5. The molecule has 0 bridgehead atoms. The van der Waals surface area contributed by atoms with Crippen LogP contribution in [0.3, 0.4) is 0 Å². The highest BCUT2D eigenvalue weighted by molar-refractivity contribution is 7.09. The lowest BCUT2D eigenvalue weighted by atomic mass is 10.1. The van der Waals surface area contributed by atoms with Crippen LogP contribution in [0.15, 0.2) is 46.7 Å². The summed E-state index contributed by atoms with van der Waals surface area (Å²) in [6.45, 7) is 2.83. The number of nitrogens with one attached hydrogen (secondary N) is 1. The second-order valence-electron chi connectivity index (χ2n) is 6.63. The molecule has 0 unspecified atom stereocenters. The first-order chi connectivity index (χ1) is 14.3. The zero-order chi connectivity index (χ0) is 21.3. The largest absolute Gasteiger partial charge is 0.443 e. The molecular weight excluding hydrogens is 414 g/mol. The number of aryl methyl sites for hydroxylation is 1. The van der Waals surface area contributed by atoms with Gasteiger partial charge < -0.3 is 9.73 Å². The molecule has 0 atom stereocenters. The fraction of sp³-hybridized carbons (Fsp3) is 0.211. The molecule has 11 heteroatoms. The van der Waals surface area contributed by atoms with Crippen LogP contribution in [0.4, 0.5) is 14.6 Å². The summed E-state index contributed by atoms with van der Waals surface area (Å²) in [5, 5.41) is 12.5. The van der Waals surface area contributed by atoms with Crippen molar-refractivity contribution in [3.8, 4) is 11.3 Å². The number of carbonyl (C=O) groups excluding carboxylic acids is 1. The minimum atomic E-state index is -3.00. The molecule has 4 aromatic rings. The Morgan fingerprint density at radius 1 is 1.37 bits per heavy atom. The zero-order valence-corrected chi connectivity index (χ0v) is 16.8. The van der Waals surface area contributed by atoms with E-state index in [1.165, 1.54) is 22.8 Å². The number of hydrogen-bond acceptors (Lipinski definition) is 7. The average molecular weight is 430 g/mol. The number of oxazole rings is 1. The van der Waals surface area contributed by atoms with Gasteiger partial charge in [0.1, 0.15) is 17.2 Å². The molecule has 4 rings (SSSR count). The third-order valence-electron chi connectivity index (χ3n) is 4.12. The Labute approximate surface area is 173 Å². The van der Waals surface area contributed by atoms with Crippen molar-refractivity contribution < 1.29 is 18.0 Å². The van der Waals surface area contributed by atoms with Gasteiger partial charge in [0, 0.05) is 17.9 Å². The molecule has 0 aliphatic carbocycles. The van der Waals surface area contributed by atoms with Crippen molar-refractivity contribution in [3.05, 3.63) is 64.2 Å². The first-order valence-corrected chi connectivity index (χ1v) is 9.72. The number of halogens is 2. The third kappa shape index (κ3) is 4.25. The minimum absolute atomic E-state index is 0.106. The van der Waals surface area contributed by atoms with Crippen molar-refractivity contribution in [3.63, 3.8) is 0 Å². The van der Waals surface area contributed by atoms with Gasteiger partial charge in [-0.25, -0.2) is 9.97 Å². The van der Waals surface area contributed by atoms with E-state index in [0.29, 0.717) is 10.8 Å². The van der Waals surface area contributed by atoms with Crippen LogP contribution in [-0.4, -0.2) is 30.9 Å². The fourth-order valence-corrected chi connectivity index (χ4v) is 3.56. The van der Waals surface area contributed by atoms with Gasteiger partial charge in [-0.3, -0.25) is 4.79 Å². The monoisotopic (exact) mass is 430 g/mol. The molecule has 0 spiro atoms. The maximum atomic E-state index is 13.3. The second kappa shape index (κ2) is 7.75. The van der Waals surface area contributed by atoms with Crippen molar-refractivity contribution in [2.75, 3.05) is 5.32 Å². The zero-order valence-electron chi connectivity index (χ0n) is 16.0. The highest BCUT2D eigenvalue weighted by Gasteiger charge is 2.27. The molecule has 0 aliphatic heterocycles. The number of nitrogens with zero attached hydrogens (tertiary/aromatic N) is 5. The minimum Gasteiger partial charge on any atom is -0.443 e. The summed E-state index contributed by atoms with van der Waals surface area (Å²) in [4.78, 5) is 21.8. The average Bonchev–Trinajstić information content (AvgIpc) is 3.42. The van der Waals surface area contributed by atoms with Gasteiger partial charge in [0.05, 0.1) is 6.20 Å².